The molecule has 0 atom stereocenters. The van der Waals surface area contributed by atoms with Gasteiger partial charge in [-0.25, -0.2) is 9.97 Å². The molecule has 0 fully saturated rings. The molecule has 0 saturated carbocycles. The predicted octanol–water partition coefficient (Wildman–Crippen LogP) is 2.66. The number of nitrogens with two attached hydrogens (primary N) is 1. The molecular formula is C16H16N4. The molecule has 2 aromatic heterocycles. The van der Waals surface area contributed by atoms with Crippen molar-refractivity contribution in [3.8, 4) is 0 Å². The monoisotopic (exact) mass is 264 g/mol. The first kappa shape index (κ1) is 11.5. The number of hydrogen-bond acceptors (Lipinski definition) is 3. The maximum atomic E-state index is 6.15. The van der Waals surface area contributed by atoms with Crippen molar-refractivity contribution < 1.29 is 0 Å². The van der Waals surface area contributed by atoms with Gasteiger partial charge in [0.1, 0.15) is 5.52 Å². The Hall–Kier alpha value is -2.36. The fraction of sp³-hybridized carbons (Fsp3) is 0.250. The van der Waals surface area contributed by atoms with Crippen molar-refractivity contribution in [2.45, 2.75) is 25.8 Å². The summed E-state index contributed by atoms with van der Waals surface area (Å²) in [5.41, 5.74) is 11.9. The number of benzene rings is 1. The quantitative estimate of drug-likeness (QED) is 0.735. The van der Waals surface area contributed by atoms with Crippen molar-refractivity contribution in [2.75, 3.05) is 5.73 Å². The van der Waals surface area contributed by atoms with Crippen LogP contribution in [0.2, 0.25) is 0 Å². The Morgan fingerprint density at radius 1 is 1.15 bits per heavy atom. The fourth-order valence-electron chi connectivity index (χ4n) is 3.21. The van der Waals surface area contributed by atoms with E-state index in [2.05, 4.69) is 38.8 Å². The second-order valence-corrected chi connectivity index (χ2v) is 5.47. The molecule has 0 saturated heterocycles. The van der Waals surface area contributed by atoms with Crippen LogP contribution in [0, 0.1) is 6.92 Å². The fourth-order valence-corrected chi connectivity index (χ4v) is 3.21. The highest BCUT2D eigenvalue weighted by atomic mass is 15.2. The summed E-state index contributed by atoms with van der Waals surface area (Å²) in [6.45, 7) is 2.05. The third-order valence-corrected chi connectivity index (χ3v) is 4.20. The number of rotatable bonds is 1. The van der Waals surface area contributed by atoms with Gasteiger partial charge in [0.15, 0.2) is 5.65 Å². The summed E-state index contributed by atoms with van der Waals surface area (Å²) < 4.78 is 2.10. The molecule has 2 N–H and O–H groups in total. The summed E-state index contributed by atoms with van der Waals surface area (Å²) in [7, 11) is 0. The van der Waals surface area contributed by atoms with Crippen molar-refractivity contribution in [1.82, 2.24) is 14.5 Å². The number of nitrogens with zero attached hydrogens (tertiary/aromatic N) is 3. The molecular weight excluding hydrogens is 248 g/mol. The lowest BCUT2D eigenvalue weighted by Crippen LogP contribution is -2.12. The Morgan fingerprint density at radius 3 is 2.55 bits per heavy atom. The summed E-state index contributed by atoms with van der Waals surface area (Å²) in [5, 5.41) is 0. The van der Waals surface area contributed by atoms with Gasteiger partial charge in [-0.3, -0.25) is 4.57 Å². The largest absolute Gasteiger partial charge is 0.369 e. The molecule has 20 heavy (non-hydrogen) atoms. The van der Waals surface area contributed by atoms with Crippen molar-refractivity contribution >= 4 is 17.1 Å². The Balaban J connectivity index is 1.85. The summed E-state index contributed by atoms with van der Waals surface area (Å²) >= 11 is 0. The van der Waals surface area contributed by atoms with E-state index in [9.17, 15) is 0 Å². The maximum absolute atomic E-state index is 6.15. The van der Waals surface area contributed by atoms with Crippen LogP contribution in [0.25, 0.3) is 11.2 Å². The lowest BCUT2D eigenvalue weighted by atomic mass is 10.1. The highest BCUT2D eigenvalue weighted by molar-refractivity contribution is 5.77. The van der Waals surface area contributed by atoms with Gasteiger partial charge in [0.05, 0.1) is 0 Å². The summed E-state index contributed by atoms with van der Waals surface area (Å²) in [4.78, 5) is 8.99. The average molecular weight is 264 g/mol. The molecule has 1 aliphatic carbocycles. The van der Waals surface area contributed by atoms with Crippen molar-refractivity contribution in [3.63, 3.8) is 0 Å². The van der Waals surface area contributed by atoms with Gasteiger partial charge < -0.3 is 5.73 Å². The first-order valence-electron chi connectivity index (χ1n) is 6.90. The smallest absolute Gasteiger partial charge is 0.202 e. The van der Waals surface area contributed by atoms with Gasteiger partial charge >= 0.3 is 0 Å². The molecule has 3 aromatic rings. The molecule has 0 spiro atoms. The van der Waals surface area contributed by atoms with E-state index in [1.54, 1.807) is 0 Å². The van der Waals surface area contributed by atoms with Crippen LogP contribution in [0.4, 0.5) is 5.95 Å². The summed E-state index contributed by atoms with van der Waals surface area (Å²) in [5.74, 6) is 0.569. The van der Waals surface area contributed by atoms with Crippen LogP contribution in [-0.4, -0.2) is 14.5 Å². The van der Waals surface area contributed by atoms with Gasteiger partial charge in [-0.05, 0) is 42.5 Å². The number of nitrogen functional groups attached to an aromatic ring is 1. The van der Waals surface area contributed by atoms with Gasteiger partial charge in [-0.1, -0.05) is 24.3 Å². The summed E-state index contributed by atoms with van der Waals surface area (Å²) in [6, 6.07) is 10.9. The minimum absolute atomic E-state index is 0.326. The van der Waals surface area contributed by atoms with Crippen LogP contribution in [0.5, 0.6) is 0 Å². The third-order valence-electron chi connectivity index (χ3n) is 4.20. The van der Waals surface area contributed by atoms with Crippen LogP contribution < -0.4 is 5.73 Å². The summed E-state index contributed by atoms with van der Waals surface area (Å²) in [6.07, 6.45) is 3.83. The number of imidazole rings is 1. The Morgan fingerprint density at radius 2 is 1.85 bits per heavy atom. The van der Waals surface area contributed by atoms with Crippen molar-refractivity contribution in [2.24, 2.45) is 0 Å². The molecule has 0 aliphatic heterocycles. The topological polar surface area (TPSA) is 56.7 Å². The van der Waals surface area contributed by atoms with E-state index >= 15 is 0 Å². The number of aromatic nitrogens is 3. The molecule has 1 aromatic carbocycles. The first-order valence-corrected chi connectivity index (χ1v) is 6.90. The molecule has 0 amide bonds. The van der Waals surface area contributed by atoms with Crippen LogP contribution in [-0.2, 0) is 12.8 Å². The molecule has 0 bridgehead atoms. The van der Waals surface area contributed by atoms with E-state index in [1.165, 1.54) is 11.1 Å². The van der Waals surface area contributed by atoms with Crippen molar-refractivity contribution in [1.29, 1.82) is 0 Å². The first-order chi connectivity index (χ1) is 9.74. The van der Waals surface area contributed by atoms with Gasteiger partial charge in [-0.15, -0.1) is 0 Å². The van der Waals surface area contributed by atoms with Crippen LogP contribution in [0.15, 0.2) is 36.5 Å². The molecule has 2 heterocycles. The Kier molecular flexibility index (Phi) is 2.33. The van der Waals surface area contributed by atoms with E-state index in [0.29, 0.717) is 12.0 Å². The Bertz CT molecular complexity index is 778. The second kappa shape index (κ2) is 4.07. The standard InChI is InChI=1S/C16H16N4/c1-10-6-7-18-15-14(10)19-16(17)20(15)13-8-11-4-2-3-5-12(11)9-13/h2-7,13H,8-9H2,1H3,(H2,17,19). The normalized spacial score (nSPS) is 14.8. The van der Waals surface area contributed by atoms with E-state index in [-0.39, 0.29) is 0 Å². The average Bonchev–Trinajstić information content (AvgIpc) is 2.99. The zero-order valence-corrected chi connectivity index (χ0v) is 11.4. The zero-order valence-electron chi connectivity index (χ0n) is 11.4. The molecule has 4 nitrogen and oxygen atoms in total. The number of fused-ring (bicyclic) bond motifs is 2. The lowest BCUT2D eigenvalue weighted by Gasteiger charge is -2.13. The van der Waals surface area contributed by atoms with Gasteiger partial charge in [0, 0.05) is 12.2 Å². The van der Waals surface area contributed by atoms with Crippen LogP contribution in [0.3, 0.4) is 0 Å². The van der Waals surface area contributed by atoms with Crippen LogP contribution >= 0.6 is 0 Å². The minimum Gasteiger partial charge on any atom is -0.369 e. The number of pyridine rings is 1. The van der Waals surface area contributed by atoms with E-state index < -0.39 is 0 Å². The molecule has 100 valence electrons. The highest BCUT2D eigenvalue weighted by Crippen LogP contribution is 2.34. The van der Waals surface area contributed by atoms with E-state index in [0.717, 1.165) is 29.6 Å². The molecule has 0 radical (unpaired) electrons. The van der Waals surface area contributed by atoms with Crippen molar-refractivity contribution in [3.05, 3.63) is 53.2 Å². The van der Waals surface area contributed by atoms with Gasteiger partial charge in [0.2, 0.25) is 5.95 Å². The predicted molar refractivity (Wildman–Crippen MR) is 79.6 cm³/mol. The number of aryl methyl sites for hydroxylation is 1. The van der Waals surface area contributed by atoms with Crippen LogP contribution in [0.1, 0.15) is 22.7 Å². The SMILES string of the molecule is Cc1ccnc2c1nc(N)n2C1Cc2ccccc2C1. The van der Waals surface area contributed by atoms with E-state index in [1.807, 2.05) is 19.2 Å². The molecule has 0 unspecified atom stereocenters. The molecule has 4 heteroatoms. The zero-order chi connectivity index (χ0) is 13.7. The van der Waals surface area contributed by atoms with Gasteiger partial charge in [-0.2, -0.15) is 0 Å². The lowest BCUT2D eigenvalue weighted by molar-refractivity contribution is 0.547. The maximum Gasteiger partial charge on any atom is 0.202 e. The van der Waals surface area contributed by atoms with Gasteiger partial charge in [0.25, 0.3) is 0 Å². The molecule has 1 aliphatic rings. The second-order valence-electron chi connectivity index (χ2n) is 5.47. The third kappa shape index (κ3) is 1.54. The number of anilines is 1. The highest BCUT2D eigenvalue weighted by Gasteiger charge is 2.26. The number of hydrogen-bond donors (Lipinski definition) is 1. The van der Waals surface area contributed by atoms with E-state index in [4.69, 9.17) is 5.73 Å². The minimum atomic E-state index is 0.326. The molecule has 4 rings (SSSR count). The Labute approximate surface area is 117 Å².